The van der Waals surface area contributed by atoms with E-state index in [4.69, 9.17) is 6.58 Å². The molecule has 0 fully saturated rings. The van der Waals surface area contributed by atoms with Gasteiger partial charge in [-0.15, -0.1) is 0 Å². The first-order valence-corrected chi connectivity index (χ1v) is 15.9. The molecular formula is C46H36. The second-order valence-electron chi connectivity index (χ2n) is 11.9. The number of rotatable bonds is 5. The molecule has 6 aromatic carbocycles. The predicted molar refractivity (Wildman–Crippen MR) is 203 cm³/mol. The van der Waals surface area contributed by atoms with E-state index in [1.54, 1.807) is 0 Å². The normalized spacial score (nSPS) is 12.6. The molecule has 0 unspecified atom stereocenters. The maximum absolute atomic E-state index is 4.82. The van der Waals surface area contributed by atoms with Crippen LogP contribution in [0.4, 0.5) is 0 Å². The first kappa shape index (κ1) is 29.0. The van der Waals surface area contributed by atoms with Crippen molar-refractivity contribution in [2.45, 2.75) is 12.8 Å². The monoisotopic (exact) mass is 588 g/mol. The molecule has 0 heterocycles. The van der Waals surface area contributed by atoms with Gasteiger partial charge in [-0.1, -0.05) is 166 Å². The van der Waals surface area contributed by atoms with E-state index in [0.717, 1.165) is 72.5 Å². The fourth-order valence-corrected chi connectivity index (χ4v) is 6.90. The second kappa shape index (κ2) is 12.3. The number of hydrogen-bond donors (Lipinski definition) is 0. The van der Waals surface area contributed by atoms with E-state index in [0.29, 0.717) is 0 Å². The molecule has 220 valence electrons. The van der Waals surface area contributed by atoms with Crippen LogP contribution < -0.4 is 10.4 Å². The summed E-state index contributed by atoms with van der Waals surface area (Å²) in [7, 11) is 0. The van der Waals surface area contributed by atoms with Crippen LogP contribution >= 0.6 is 0 Å². The maximum Gasteiger partial charge on any atom is -0.00265 e. The molecule has 0 spiro atoms. The van der Waals surface area contributed by atoms with Gasteiger partial charge < -0.3 is 0 Å². The molecule has 0 aromatic heterocycles. The van der Waals surface area contributed by atoms with Gasteiger partial charge in [0.1, 0.15) is 0 Å². The van der Waals surface area contributed by atoms with Crippen molar-refractivity contribution in [1.29, 1.82) is 0 Å². The summed E-state index contributed by atoms with van der Waals surface area (Å²) in [5, 5.41) is 8.69. The van der Waals surface area contributed by atoms with Crippen LogP contribution in [0.25, 0.3) is 73.8 Å². The quantitative estimate of drug-likeness (QED) is 0.176. The van der Waals surface area contributed by atoms with Gasteiger partial charge in [-0.3, -0.25) is 0 Å². The van der Waals surface area contributed by atoms with E-state index in [-0.39, 0.29) is 0 Å². The summed E-state index contributed by atoms with van der Waals surface area (Å²) in [4.78, 5) is 0. The SMILES string of the molecule is C=Cc1cccc2c1c(=C)c(=C)c1c(C(=C)c3ccccccc(C4=CC=CCC4)c4ccc(-c5ccccc5)cc34)cccc12. The van der Waals surface area contributed by atoms with Gasteiger partial charge in [-0.05, 0) is 106 Å². The van der Waals surface area contributed by atoms with Crippen molar-refractivity contribution in [2.75, 3.05) is 0 Å². The number of benzene rings is 5. The first-order chi connectivity index (χ1) is 22.6. The lowest BCUT2D eigenvalue weighted by atomic mass is 9.86. The highest BCUT2D eigenvalue weighted by Gasteiger charge is 2.16. The fraction of sp³-hybridized carbons (Fsp3) is 0.0435. The number of fused-ring (bicyclic) bond motifs is 4. The lowest BCUT2D eigenvalue weighted by Gasteiger charge is -2.17. The van der Waals surface area contributed by atoms with E-state index in [9.17, 15) is 0 Å². The highest BCUT2D eigenvalue weighted by Crippen LogP contribution is 2.37. The van der Waals surface area contributed by atoms with Crippen LogP contribution in [0.5, 0.6) is 0 Å². The molecule has 0 saturated heterocycles. The largest absolute Gasteiger partial charge is 0.0984 e. The van der Waals surface area contributed by atoms with E-state index in [1.165, 1.54) is 27.6 Å². The summed E-state index contributed by atoms with van der Waals surface area (Å²) < 4.78 is 0. The van der Waals surface area contributed by atoms with E-state index in [1.807, 2.05) is 6.08 Å². The Bertz CT molecular complexity index is 2420. The summed E-state index contributed by atoms with van der Waals surface area (Å²) in [6.45, 7) is 18.0. The number of allylic oxidation sites excluding steroid dienone is 4. The van der Waals surface area contributed by atoms with Gasteiger partial charge in [0.15, 0.2) is 0 Å². The van der Waals surface area contributed by atoms with Crippen molar-refractivity contribution in [3.05, 3.63) is 185 Å². The Morgan fingerprint density at radius 1 is 0.587 bits per heavy atom. The van der Waals surface area contributed by atoms with Crippen molar-refractivity contribution >= 4 is 62.7 Å². The maximum atomic E-state index is 4.82. The Balaban J connectivity index is 1.59. The summed E-state index contributed by atoms with van der Waals surface area (Å²) in [5.41, 5.74) is 9.10. The van der Waals surface area contributed by atoms with Crippen LogP contribution in [-0.2, 0) is 0 Å². The average Bonchev–Trinajstić information content (AvgIpc) is 3.11. The molecule has 0 nitrogen and oxygen atoms in total. The zero-order chi connectivity index (χ0) is 31.6. The molecule has 1 aliphatic rings. The third-order valence-electron chi connectivity index (χ3n) is 9.22. The molecule has 0 aliphatic heterocycles. The molecule has 6 aromatic rings. The molecular weight excluding hydrogens is 553 g/mol. The molecule has 0 bridgehead atoms. The molecule has 0 saturated carbocycles. The zero-order valence-corrected chi connectivity index (χ0v) is 26.1. The summed E-state index contributed by atoms with van der Waals surface area (Å²) in [6, 6.07) is 43.3. The zero-order valence-electron chi connectivity index (χ0n) is 26.1. The van der Waals surface area contributed by atoms with Crippen LogP contribution in [0.3, 0.4) is 0 Å². The second-order valence-corrected chi connectivity index (χ2v) is 11.9. The smallest absolute Gasteiger partial charge is 0.00265 e. The van der Waals surface area contributed by atoms with Gasteiger partial charge in [0.05, 0.1) is 0 Å². The molecule has 0 amide bonds. The van der Waals surface area contributed by atoms with Crippen molar-refractivity contribution < 1.29 is 0 Å². The lowest BCUT2D eigenvalue weighted by molar-refractivity contribution is 1.06. The van der Waals surface area contributed by atoms with E-state index >= 15 is 0 Å². The Kier molecular flexibility index (Phi) is 7.79. The Morgan fingerprint density at radius 2 is 1.26 bits per heavy atom. The highest BCUT2D eigenvalue weighted by atomic mass is 14.2. The molecule has 0 heteroatoms. The minimum Gasteiger partial charge on any atom is -0.0984 e. The van der Waals surface area contributed by atoms with Crippen molar-refractivity contribution in [1.82, 2.24) is 0 Å². The average molecular weight is 589 g/mol. The van der Waals surface area contributed by atoms with Crippen LogP contribution in [0.1, 0.15) is 35.1 Å². The van der Waals surface area contributed by atoms with Gasteiger partial charge in [0.25, 0.3) is 0 Å². The minimum absolute atomic E-state index is 0.922. The summed E-state index contributed by atoms with van der Waals surface area (Å²) in [6.07, 6.45) is 10.6. The summed E-state index contributed by atoms with van der Waals surface area (Å²) in [5.74, 6) is 0. The van der Waals surface area contributed by atoms with Crippen molar-refractivity contribution in [3.8, 4) is 11.1 Å². The molecule has 7 rings (SSSR count). The Morgan fingerprint density at radius 3 is 2.02 bits per heavy atom. The van der Waals surface area contributed by atoms with E-state index < -0.39 is 0 Å². The third kappa shape index (κ3) is 5.09. The Labute approximate surface area is 271 Å². The topological polar surface area (TPSA) is 0 Å². The Hall–Kier alpha value is -5.72. The molecule has 0 radical (unpaired) electrons. The van der Waals surface area contributed by atoms with Crippen LogP contribution in [-0.4, -0.2) is 0 Å². The van der Waals surface area contributed by atoms with Gasteiger partial charge >= 0.3 is 0 Å². The molecule has 46 heavy (non-hydrogen) atoms. The highest BCUT2D eigenvalue weighted by molar-refractivity contribution is 6.14. The van der Waals surface area contributed by atoms with Crippen LogP contribution in [0.2, 0.25) is 0 Å². The van der Waals surface area contributed by atoms with E-state index in [2.05, 4.69) is 159 Å². The predicted octanol–water partition coefficient (Wildman–Crippen LogP) is 11.2. The van der Waals surface area contributed by atoms with Gasteiger partial charge in [-0.2, -0.15) is 0 Å². The standard InChI is InChI=1S/C46H36/c1-5-34-22-16-26-42-43-27-17-25-39(46(43)32(3)31(2)45(34)42)33(4)38-23-14-6-7-15-24-40(36-20-12-9-13-21-36)41-29-28-37(30-44(38)41)35-18-10-8-11-19-35/h5-12,14-20,22-30H,1-4,13,21H2. The van der Waals surface area contributed by atoms with Crippen LogP contribution in [0, 0.1) is 0 Å². The molecule has 0 atom stereocenters. The summed E-state index contributed by atoms with van der Waals surface area (Å²) >= 11 is 0. The van der Waals surface area contributed by atoms with Gasteiger partial charge in [-0.25, -0.2) is 0 Å². The van der Waals surface area contributed by atoms with Crippen LogP contribution in [0.15, 0.2) is 153 Å². The lowest BCUT2D eigenvalue weighted by Crippen LogP contribution is -2.25. The number of hydrogen-bond acceptors (Lipinski definition) is 0. The van der Waals surface area contributed by atoms with Gasteiger partial charge in [0, 0.05) is 0 Å². The van der Waals surface area contributed by atoms with Crippen molar-refractivity contribution in [2.24, 2.45) is 0 Å². The fourth-order valence-electron chi connectivity index (χ4n) is 6.90. The third-order valence-corrected chi connectivity index (χ3v) is 9.22. The minimum atomic E-state index is 0.922. The molecule has 0 N–H and O–H groups in total. The first-order valence-electron chi connectivity index (χ1n) is 15.9. The molecule has 1 aliphatic carbocycles. The van der Waals surface area contributed by atoms with Gasteiger partial charge in [0.2, 0.25) is 0 Å². The van der Waals surface area contributed by atoms with Crippen molar-refractivity contribution in [3.63, 3.8) is 0 Å².